The maximum atomic E-state index is 3.45. The molecule has 108 valence electrons. The monoisotopic (exact) mass is 261 g/mol. The number of hydrogen-bond donors (Lipinski definition) is 1. The Bertz CT molecular complexity index is 307. The SMILES string of the molecule is CCCCC(CC)CCCC(NC)c1ccccc1. The fourth-order valence-electron chi connectivity index (χ4n) is 2.82. The van der Waals surface area contributed by atoms with E-state index in [0.717, 1.165) is 5.92 Å². The van der Waals surface area contributed by atoms with Crippen LogP contribution in [0.5, 0.6) is 0 Å². The lowest BCUT2D eigenvalue weighted by atomic mass is 9.91. The molecular formula is C18H31N. The van der Waals surface area contributed by atoms with Crippen molar-refractivity contribution in [3.05, 3.63) is 35.9 Å². The third-order valence-corrected chi connectivity index (χ3v) is 4.20. The molecule has 0 aromatic heterocycles. The highest BCUT2D eigenvalue weighted by atomic mass is 14.9. The summed E-state index contributed by atoms with van der Waals surface area (Å²) in [6.45, 7) is 4.63. The van der Waals surface area contributed by atoms with Crippen LogP contribution in [0.15, 0.2) is 30.3 Å². The van der Waals surface area contributed by atoms with E-state index in [2.05, 4.69) is 56.5 Å². The highest BCUT2D eigenvalue weighted by Gasteiger charge is 2.10. The van der Waals surface area contributed by atoms with Gasteiger partial charge < -0.3 is 5.32 Å². The molecular weight excluding hydrogens is 230 g/mol. The van der Waals surface area contributed by atoms with E-state index in [1.165, 1.54) is 50.5 Å². The molecule has 1 nitrogen and oxygen atoms in total. The first kappa shape index (κ1) is 16.2. The summed E-state index contributed by atoms with van der Waals surface area (Å²) in [6, 6.07) is 11.3. The maximum absolute atomic E-state index is 3.45. The standard InChI is InChI=1S/C18H31N/c1-4-6-11-16(5-2)12-10-15-18(19-3)17-13-8-7-9-14-17/h7-9,13-14,16,18-19H,4-6,10-12,15H2,1-3H3. The van der Waals surface area contributed by atoms with E-state index in [1.807, 2.05) is 0 Å². The minimum Gasteiger partial charge on any atom is -0.313 e. The van der Waals surface area contributed by atoms with Crippen molar-refractivity contribution >= 4 is 0 Å². The van der Waals surface area contributed by atoms with Gasteiger partial charge in [0.25, 0.3) is 0 Å². The Balaban J connectivity index is 2.33. The molecule has 0 saturated carbocycles. The Morgan fingerprint density at radius 3 is 2.21 bits per heavy atom. The van der Waals surface area contributed by atoms with E-state index in [-0.39, 0.29) is 0 Å². The molecule has 0 aliphatic carbocycles. The number of benzene rings is 1. The van der Waals surface area contributed by atoms with E-state index in [9.17, 15) is 0 Å². The molecule has 0 fully saturated rings. The normalized spacial score (nSPS) is 14.3. The molecule has 0 aliphatic rings. The third-order valence-electron chi connectivity index (χ3n) is 4.20. The van der Waals surface area contributed by atoms with Crippen LogP contribution < -0.4 is 5.32 Å². The van der Waals surface area contributed by atoms with Crippen molar-refractivity contribution in [1.82, 2.24) is 5.32 Å². The lowest BCUT2D eigenvalue weighted by Crippen LogP contribution is -2.16. The van der Waals surface area contributed by atoms with Crippen molar-refractivity contribution in [2.24, 2.45) is 5.92 Å². The van der Waals surface area contributed by atoms with Crippen LogP contribution in [0.4, 0.5) is 0 Å². The number of nitrogens with one attached hydrogen (secondary N) is 1. The number of unbranched alkanes of at least 4 members (excludes halogenated alkanes) is 1. The van der Waals surface area contributed by atoms with E-state index in [0.29, 0.717) is 6.04 Å². The van der Waals surface area contributed by atoms with Crippen LogP contribution >= 0.6 is 0 Å². The van der Waals surface area contributed by atoms with Gasteiger partial charge in [-0.1, -0.05) is 82.7 Å². The first-order chi connectivity index (χ1) is 9.31. The van der Waals surface area contributed by atoms with Crippen LogP contribution in [-0.4, -0.2) is 7.05 Å². The molecule has 2 atom stereocenters. The highest BCUT2D eigenvalue weighted by Crippen LogP contribution is 2.24. The summed E-state index contributed by atoms with van der Waals surface area (Å²) in [5.41, 5.74) is 1.42. The fourth-order valence-corrected chi connectivity index (χ4v) is 2.82. The molecule has 0 aliphatic heterocycles. The van der Waals surface area contributed by atoms with Crippen molar-refractivity contribution in [3.63, 3.8) is 0 Å². The smallest absolute Gasteiger partial charge is 0.0317 e. The van der Waals surface area contributed by atoms with E-state index < -0.39 is 0 Å². The van der Waals surface area contributed by atoms with Gasteiger partial charge in [-0.25, -0.2) is 0 Å². The van der Waals surface area contributed by atoms with Crippen LogP contribution in [0, 0.1) is 5.92 Å². The Morgan fingerprint density at radius 1 is 0.947 bits per heavy atom. The summed E-state index contributed by atoms with van der Waals surface area (Å²) >= 11 is 0. The predicted octanol–water partition coefficient (Wildman–Crippen LogP) is 5.33. The van der Waals surface area contributed by atoms with Gasteiger partial charge in [0.05, 0.1) is 0 Å². The second-order valence-electron chi connectivity index (χ2n) is 5.60. The van der Waals surface area contributed by atoms with Gasteiger partial charge >= 0.3 is 0 Å². The summed E-state index contributed by atoms with van der Waals surface area (Å²) < 4.78 is 0. The molecule has 0 radical (unpaired) electrons. The molecule has 0 bridgehead atoms. The Labute approximate surface area is 119 Å². The molecule has 1 aromatic rings. The molecule has 1 aromatic carbocycles. The summed E-state index contributed by atoms with van der Waals surface area (Å²) in [5, 5.41) is 3.45. The molecule has 1 N–H and O–H groups in total. The van der Waals surface area contributed by atoms with Gasteiger partial charge in [0.15, 0.2) is 0 Å². The molecule has 1 heteroatoms. The predicted molar refractivity (Wildman–Crippen MR) is 85.4 cm³/mol. The van der Waals surface area contributed by atoms with Crippen molar-refractivity contribution in [3.8, 4) is 0 Å². The summed E-state index contributed by atoms with van der Waals surface area (Å²) in [7, 11) is 2.08. The van der Waals surface area contributed by atoms with E-state index in [1.54, 1.807) is 0 Å². The van der Waals surface area contributed by atoms with Crippen molar-refractivity contribution in [2.75, 3.05) is 7.05 Å². The Kier molecular flexibility index (Phi) is 8.57. The van der Waals surface area contributed by atoms with Crippen molar-refractivity contribution in [2.45, 2.75) is 64.8 Å². The quantitative estimate of drug-likeness (QED) is 0.600. The first-order valence-corrected chi connectivity index (χ1v) is 8.04. The maximum Gasteiger partial charge on any atom is 0.0317 e. The van der Waals surface area contributed by atoms with Crippen molar-refractivity contribution < 1.29 is 0 Å². The van der Waals surface area contributed by atoms with Gasteiger partial charge in [-0.2, -0.15) is 0 Å². The van der Waals surface area contributed by atoms with Crippen LogP contribution in [0.2, 0.25) is 0 Å². The summed E-state index contributed by atoms with van der Waals surface area (Å²) in [5.74, 6) is 0.938. The molecule has 0 spiro atoms. The second-order valence-corrected chi connectivity index (χ2v) is 5.60. The zero-order valence-electron chi connectivity index (χ0n) is 13.0. The minimum absolute atomic E-state index is 0.518. The molecule has 2 unspecified atom stereocenters. The minimum atomic E-state index is 0.518. The fraction of sp³-hybridized carbons (Fsp3) is 0.667. The molecule has 0 heterocycles. The lowest BCUT2D eigenvalue weighted by molar-refractivity contribution is 0.388. The zero-order valence-corrected chi connectivity index (χ0v) is 13.0. The number of hydrogen-bond acceptors (Lipinski definition) is 1. The zero-order chi connectivity index (χ0) is 13.9. The average Bonchev–Trinajstić information content (AvgIpc) is 2.47. The second kappa shape index (κ2) is 10.0. The van der Waals surface area contributed by atoms with Gasteiger partial charge in [-0.05, 0) is 24.9 Å². The molecule has 0 saturated heterocycles. The van der Waals surface area contributed by atoms with Gasteiger partial charge in [-0.15, -0.1) is 0 Å². The van der Waals surface area contributed by atoms with E-state index in [4.69, 9.17) is 0 Å². The van der Waals surface area contributed by atoms with Crippen molar-refractivity contribution in [1.29, 1.82) is 0 Å². The van der Waals surface area contributed by atoms with Crippen LogP contribution in [0.25, 0.3) is 0 Å². The van der Waals surface area contributed by atoms with Gasteiger partial charge in [-0.3, -0.25) is 0 Å². The third kappa shape index (κ3) is 6.24. The van der Waals surface area contributed by atoms with Gasteiger partial charge in [0.2, 0.25) is 0 Å². The Morgan fingerprint density at radius 2 is 1.63 bits per heavy atom. The lowest BCUT2D eigenvalue weighted by Gasteiger charge is -2.19. The molecule has 19 heavy (non-hydrogen) atoms. The van der Waals surface area contributed by atoms with Gasteiger partial charge in [0, 0.05) is 6.04 Å². The highest BCUT2D eigenvalue weighted by molar-refractivity contribution is 5.18. The summed E-state index contributed by atoms with van der Waals surface area (Å²) in [4.78, 5) is 0. The Hall–Kier alpha value is -0.820. The summed E-state index contributed by atoms with van der Waals surface area (Å²) in [6.07, 6.45) is 9.47. The van der Waals surface area contributed by atoms with Gasteiger partial charge in [0.1, 0.15) is 0 Å². The van der Waals surface area contributed by atoms with Crippen LogP contribution in [-0.2, 0) is 0 Å². The topological polar surface area (TPSA) is 12.0 Å². The van der Waals surface area contributed by atoms with Crippen LogP contribution in [0.1, 0.15) is 70.4 Å². The molecule has 0 amide bonds. The number of rotatable bonds is 10. The first-order valence-electron chi connectivity index (χ1n) is 8.04. The van der Waals surface area contributed by atoms with Crippen LogP contribution in [0.3, 0.4) is 0 Å². The average molecular weight is 261 g/mol. The van der Waals surface area contributed by atoms with E-state index >= 15 is 0 Å². The largest absolute Gasteiger partial charge is 0.313 e. The molecule has 1 rings (SSSR count).